The summed E-state index contributed by atoms with van der Waals surface area (Å²) in [5.74, 6) is 1.62. The Hall–Kier alpha value is -4.23. The quantitative estimate of drug-likeness (QED) is 0.442. The smallest absolute Gasteiger partial charge is 0.285 e. The fourth-order valence-electron chi connectivity index (χ4n) is 4.51. The van der Waals surface area contributed by atoms with E-state index in [9.17, 15) is 10.1 Å². The Kier molecular flexibility index (Phi) is 4.38. The zero-order valence-corrected chi connectivity index (χ0v) is 17.9. The number of hydrogen-bond donors (Lipinski definition) is 1. The maximum atomic E-state index is 13.6. The lowest BCUT2D eigenvalue weighted by Gasteiger charge is -2.27. The van der Waals surface area contributed by atoms with Crippen LogP contribution in [0.1, 0.15) is 30.3 Å². The fourth-order valence-corrected chi connectivity index (χ4v) is 4.74. The number of hydrogen-bond acceptors (Lipinski definition) is 7. The van der Waals surface area contributed by atoms with E-state index < -0.39 is 0 Å². The third-order valence-electron chi connectivity index (χ3n) is 5.93. The lowest BCUT2D eigenvalue weighted by molar-refractivity contribution is 0.598. The molecular formula is C22H16ClN9O. The van der Waals surface area contributed by atoms with Crippen molar-refractivity contribution in [3.05, 3.63) is 75.9 Å². The zero-order valence-electron chi connectivity index (χ0n) is 17.2. The number of aromatic nitrogens is 7. The van der Waals surface area contributed by atoms with Gasteiger partial charge in [-0.25, -0.2) is 24.0 Å². The molecule has 6 heterocycles. The molecule has 0 aliphatic carbocycles. The summed E-state index contributed by atoms with van der Waals surface area (Å²) in [5.41, 5.74) is 1.05. The molecule has 1 N–H and O–H groups in total. The molecule has 0 amide bonds. The zero-order chi connectivity index (χ0) is 22.5. The van der Waals surface area contributed by atoms with Gasteiger partial charge in [0.25, 0.3) is 5.56 Å². The first-order valence-electron chi connectivity index (χ1n) is 10.4. The molecule has 0 radical (unpaired) electrons. The van der Waals surface area contributed by atoms with Gasteiger partial charge in [-0.05, 0) is 31.0 Å². The van der Waals surface area contributed by atoms with E-state index in [-0.39, 0.29) is 17.1 Å². The number of anilines is 1. The third kappa shape index (κ3) is 2.90. The number of H-pyrrole nitrogens is 1. The number of rotatable bonds is 3. The first-order valence-corrected chi connectivity index (χ1v) is 10.7. The Morgan fingerprint density at radius 1 is 1.21 bits per heavy atom. The molecule has 0 unspecified atom stereocenters. The van der Waals surface area contributed by atoms with E-state index in [0.29, 0.717) is 45.6 Å². The molecule has 162 valence electrons. The minimum Gasteiger partial charge on any atom is -0.346 e. The normalized spacial score (nSPS) is 16.0. The van der Waals surface area contributed by atoms with E-state index >= 15 is 0 Å². The average Bonchev–Trinajstić information content (AvgIpc) is 3.57. The number of aromatic amines is 1. The van der Waals surface area contributed by atoms with Crippen LogP contribution < -0.4 is 10.5 Å². The molecule has 1 aliphatic rings. The number of fused-ring (bicyclic) bond motifs is 2. The van der Waals surface area contributed by atoms with E-state index in [1.807, 2.05) is 6.07 Å². The van der Waals surface area contributed by atoms with Crippen LogP contribution in [-0.2, 0) is 0 Å². The lowest BCUT2D eigenvalue weighted by atomic mass is 10.1. The van der Waals surface area contributed by atoms with Crippen LogP contribution in [0.3, 0.4) is 0 Å². The predicted octanol–water partition coefficient (Wildman–Crippen LogP) is 3.02. The largest absolute Gasteiger partial charge is 0.346 e. The molecule has 1 aliphatic heterocycles. The third-order valence-corrected chi connectivity index (χ3v) is 6.24. The molecule has 1 saturated heterocycles. The highest BCUT2D eigenvalue weighted by molar-refractivity contribution is 6.33. The summed E-state index contributed by atoms with van der Waals surface area (Å²) in [6.45, 7) is 0.690. The molecular weight excluding hydrogens is 442 g/mol. The number of pyridine rings is 1. The molecule has 5 aromatic heterocycles. The van der Waals surface area contributed by atoms with E-state index in [0.717, 1.165) is 12.8 Å². The van der Waals surface area contributed by atoms with Gasteiger partial charge in [0.2, 0.25) is 0 Å². The van der Waals surface area contributed by atoms with Crippen LogP contribution in [0.25, 0.3) is 22.4 Å². The Morgan fingerprint density at radius 2 is 2.12 bits per heavy atom. The second-order valence-corrected chi connectivity index (χ2v) is 8.14. The molecule has 10 nitrogen and oxygen atoms in total. The molecule has 5 aromatic rings. The molecule has 1 fully saturated rings. The van der Waals surface area contributed by atoms with Gasteiger partial charge in [-0.3, -0.25) is 4.79 Å². The van der Waals surface area contributed by atoms with Crippen LogP contribution in [-0.4, -0.2) is 40.7 Å². The van der Waals surface area contributed by atoms with Gasteiger partial charge < -0.3 is 9.88 Å². The van der Waals surface area contributed by atoms with Gasteiger partial charge >= 0.3 is 0 Å². The number of nitrogens with zero attached hydrogens (tertiary/aromatic N) is 8. The standard InChI is InChI=1S/C22H16ClN9O/c23-14-6-9-31-18(14)22(33)32(16-5-1-2-7-25-16)20(29-31)15-4-3-8-30(15)21-17-13(10-24)11-26-19(17)27-12-28-21/h1-2,5-7,9,11-12,15H,3-4,8H2,(H,26,27,28)/t15-/m0/s1. The van der Waals surface area contributed by atoms with Crippen molar-refractivity contribution < 1.29 is 0 Å². The van der Waals surface area contributed by atoms with Gasteiger partial charge in [0.1, 0.15) is 35.2 Å². The maximum Gasteiger partial charge on any atom is 0.285 e. The minimum atomic E-state index is -0.298. The number of nitriles is 1. The molecule has 33 heavy (non-hydrogen) atoms. The van der Waals surface area contributed by atoms with Crippen molar-refractivity contribution in [3.8, 4) is 11.9 Å². The van der Waals surface area contributed by atoms with Crippen molar-refractivity contribution in [1.29, 1.82) is 5.26 Å². The summed E-state index contributed by atoms with van der Waals surface area (Å²) < 4.78 is 3.04. The van der Waals surface area contributed by atoms with Gasteiger partial charge in [-0.1, -0.05) is 17.7 Å². The van der Waals surface area contributed by atoms with Gasteiger partial charge in [-0.2, -0.15) is 10.4 Å². The first-order chi connectivity index (χ1) is 16.2. The van der Waals surface area contributed by atoms with Crippen molar-refractivity contribution in [2.75, 3.05) is 11.4 Å². The van der Waals surface area contributed by atoms with Crippen LogP contribution in [0.2, 0.25) is 5.02 Å². The maximum absolute atomic E-state index is 13.6. The molecule has 0 saturated carbocycles. The highest BCUT2D eigenvalue weighted by Gasteiger charge is 2.34. The Balaban J connectivity index is 1.61. The second kappa shape index (κ2) is 7.43. The van der Waals surface area contributed by atoms with Crippen LogP contribution in [0.4, 0.5) is 5.82 Å². The van der Waals surface area contributed by atoms with Crippen molar-refractivity contribution in [3.63, 3.8) is 0 Å². The summed E-state index contributed by atoms with van der Waals surface area (Å²) in [4.78, 5) is 31.9. The average molecular weight is 458 g/mol. The van der Waals surface area contributed by atoms with Gasteiger partial charge in [-0.15, -0.1) is 0 Å². The summed E-state index contributed by atoms with van der Waals surface area (Å²) in [5, 5.41) is 15.4. The second-order valence-electron chi connectivity index (χ2n) is 7.73. The van der Waals surface area contributed by atoms with Crippen LogP contribution in [0.5, 0.6) is 0 Å². The summed E-state index contributed by atoms with van der Waals surface area (Å²) in [6.07, 6.45) is 8.02. The van der Waals surface area contributed by atoms with Crippen LogP contribution >= 0.6 is 11.6 Å². The minimum absolute atomic E-state index is 0.273. The molecule has 1 atom stereocenters. The lowest BCUT2D eigenvalue weighted by Crippen LogP contribution is -2.33. The van der Waals surface area contributed by atoms with Gasteiger partial charge in [0, 0.05) is 25.1 Å². The number of nitrogens with one attached hydrogen (secondary N) is 1. The molecule has 0 spiro atoms. The predicted molar refractivity (Wildman–Crippen MR) is 122 cm³/mol. The Bertz CT molecular complexity index is 1610. The fraction of sp³-hybridized carbons (Fsp3) is 0.182. The molecule has 0 bridgehead atoms. The topological polar surface area (TPSA) is 121 Å². The molecule has 6 rings (SSSR count). The van der Waals surface area contributed by atoms with Crippen LogP contribution in [0, 0.1) is 11.3 Å². The number of halogens is 1. The van der Waals surface area contributed by atoms with Crippen molar-refractivity contribution in [2.24, 2.45) is 0 Å². The van der Waals surface area contributed by atoms with Gasteiger partial charge in [0.15, 0.2) is 5.82 Å². The van der Waals surface area contributed by atoms with Crippen molar-refractivity contribution in [2.45, 2.75) is 18.9 Å². The van der Waals surface area contributed by atoms with E-state index in [1.54, 1.807) is 36.8 Å². The summed E-state index contributed by atoms with van der Waals surface area (Å²) in [7, 11) is 0. The van der Waals surface area contributed by atoms with Crippen molar-refractivity contribution >= 4 is 34.0 Å². The van der Waals surface area contributed by atoms with Crippen LogP contribution in [0.15, 0.2) is 54.0 Å². The van der Waals surface area contributed by atoms with Gasteiger partial charge in [0.05, 0.1) is 22.0 Å². The monoisotopic (exact) mass is 457 g/mol. The van der Waals surface area contributed by atoms with E-state index in [4.69, 9.17) is 16.7 Å². The van der Waals surface area contributed by atoms with E-state index in [1.165, 1.54) is 15.4 Å². The highest BCUT2D eigenvalue weighted by atomic mass is 35.5. The Morgan fingerprint density at radius 3 is 2.94 bits per heavy atom. The molecule has 0 aromatic carbocycles. The Labute approximate surface area is 191 Å². The highest BCUT2D eigenvalue weighted by Crippen LogP contribution is 2.38. The molecule has 11 heteroatoms. The first kappa shape index (κ1) is 19.5. The van der Waals surface area contributed by atoms with E-state index in [2.05, 4.69) is 30.9 Å². The van der Waals surface area contributed by atoms with Crippen molar-refractivity contribution in [1.82, 2.24) is 34.1 Å². The SMILES string of the molecule is N#Cc1c[nH]c2ncnc(N3CCC[C@H]3c3nn4ccc(Cl)c4c(=O)n3-c3ccccn3)c12. The summed E-state index contributed by atoms with van der Waals surface area (Å²) in [6, 6.07) is 8.96. The summed E-state index contributed by atoms with van der Waals surface area (Å²) >= 11 is 6.30.